The first-order chi connectivity index (χ1) is 12.0. The Kier molecular flexibility index (Phi) is 5.26. The van der Waals surface area contributed by atoms with E-state index in [2.05, 4.69) is 22.2 Å². The third-order valence-corrected chi connectivity index (χ3v) is 4.25. The van der Waals surface area contributed by atoms with Crippen LogP contribution in [0.4, 0.5) is 10.2 Å². The molecule has 0 radical (unpaired) electrons. The molecule has 1 aliphatic rings. The number of anilines is 1. The maximum atomic E-state index is 13.0. The normalized spacial score (nSPS) is 17.2. The highest BCUT2D eigenvalue weighted by molar-refractivity contribution is 5.80. The maximum Gasteiger partial charge on any atom is 0.225 e. The molecule has 1 aromatic heterocycles. The van der Waals surface area contributed by atoms with E-state index in [0.29, 0.717) is 19.5 Å². The standard InChI is InChI=1S/C19H23FN4O/c1-3-4-16-9-18(22-13(2)21-16)23-17-10-19(25)24(12-17)11-14-5-7-15(20)8-6-14/h5-9,17H,3-4,10-12H2,1-2H3,(H,21,22,23)/t17-/m0/s1. The van der Waals surface area contributed by atoms with Crippen molar-refractivity contribution in [2.45, 2.75) is 45.7 Å². The minimum atomic E-state index is -0.266. The summed E-state index contributed by atoms with van der Waals surface area (Å²) in [6.45, 7) is 5.11. The summed E-state index contributed by atoms with van der Waals surface area (Å²) < 4.78 is 13.0. The fourth-order valence-corrected chi connectivity index (χ4v) is 3.13. The molecule has 6 heteroatoms. The van der Waals surface area contributed by atoms with Gasteiger partial charge in [-0.05, 0) is 31.0 Å². The zero-order valence-corrected chi connectivity index (χ0v) is 14.6. The van der Waals surface area contributed by atoms with Gasteiger partial charge in [0.05, 0.1) is 6.04 Å². The second-order valence-electron chi connectivity index (χ2n) is 6.49. The predicted molar refractivity (Wildman–Crippen MR) is 94.6 cm³/mol. The van der Waals surface area contributed by atoms with Gasteiger partial charge >= 0.3 is 0 Å². The Morgan fingerprint density at radius 1 is 1.28 bits per heavy atom. The predicted octanol–water partition coefficient (Wildman–Crippen LogP) is 3.09. The van der Waals surface area contributed by atoms with Gasteiger partial charge in [-0.3, -0.25) is 4.79 Å². The molecule has 2 heterocycles. The Labute approximate surface area is 147 Å². The molecule has 1 atom stereocenters. The first-order valence-electron chi connectivity index (χ1n) is 8.67. The van der Waals surface area contributed by atoms with Crippen molar-refractivity contribution in [2.75, 3.05) is 11.9 Å². The van der Waals surface area contributed by atoms with Crippen molar-refractivity contribution in [3.8, 4) is 0 Å². The Morgan fingerprint density at radius 2 is 2.04 bits per heavy atom. The van der Waals surface area contributed by atoms with E-state index in [-0.39, 0.29) is 17.8 Å². The zero-order valence-electron chi connectivity index (χ0n) is 14.6. The summed E-state index contributed by atoms with van der Waals surface area (Å²) in [4.78, 5) is 22.9. The first-order valence-corrected chi connectivity index (χ1v) is 8.67. The van der Waals surface area contributed by atoms with Gasteiger partial charge in [-0.25, -0.2) is 14.4 Å². The second kappa shape index (κ2) is 7.59. The highest BCUT2D eigenvalue weighted by Crippen LogP contribution is 2.19. The summed E-state index contributed by atoms with van der Waals surface area (Å²) in [5, 5.41) is 3.36. The molecule has 0 spiro atoms. The molecule has 132 valence electrons. The lowest BCUT2D eigenvalue weighted by Gasteiger charge is -2.18. The maximum absolute atomic E-state index is 13.0. The molecular weight excluding hydrogens is 319 g/mol. The van der Waals surface area contributed by atoms with Crippen molar-refractivity contribution >= 4 is 11.7 Å². The number of hydrogen-bond donors (Lipinski definition) is 1. The van der Waals surface area contributed by atoms with Crippen LogP contribution in [0.5, 0.6) is 0 Å². The topological polar surface area (TPSA) is 58.1 Å². The van der Waals surface area contributed by atoms with Crippen molar-refractivity contribution in [1.82, 2.24) is 14.9 Å². The SMILES string of the molecule is CCCc1cc(N[C@H]2CC(=O)N(Cc3ccc(F)cc3)C2)nc(C)n1. The average molecular weight is 342 g/mol. The van der Waals surface area contributed by atoms with E-state index in [1.54, 1.807) is 17.0 Å². The molecule has 1 saturated heterocycles. The number of nitrogens with zero attached hydrogens (tertiary/aromatic N) is 3. The van der Waals surface area contributed by atoms with E-state index in [9.17, 15) is 9.18 Å². The smallest absolute Gasteiger partial charge is 0.225 e. The molecule has 2 aromatic rings. The summed E-state index contributed by atoms with van der Waals surface area (Å²) in [5.41, 5.74) is 1.95. The van der Waals surface area contributed by atoms with Crippen LogP contribution in [0.15, 0.2) is 30.3 Å². The van der Waals surface area contributed by atoms with E-state index < -0.39 is 0 Å². The molecule has 1 aromatic carbocycles. The summed E-state index contributed by atoms with van der Waals surface area (Å²) in [6.07, 6.45) is 2.38. The number of nitrogens with one attached hydrogen (secondary N) is 1. The molecule has 25 heavy (non-hydrogen) atoms. The number of halogens is 1. The van der Waals surface area contributed by atoms with Gasteiger partial charge in [0.15, 0.2) is 0 Å². The molecular formula is C19H23FN4O. The number of aromatic nitrogens is 2. The lowest BCUT2D eigenvalue weighted by atomic mass is 10.2. The van der Waals surface area contributed by atoms with E-state index in [1.807, 2.05) is 13.0 Å². The van der Waals surface area contributed by atoms with Crippen molar-refractivity contribution < 1.29 is 9.18 Å². The average Bonchev–Trinajstić information content (AvgIpc) is 2.88. The highest BCUT2D eigenvalue weighted by atomic mass is 19.1. The van der Waals surface area contributed by atoms with Gasteiger partial charge in [0.2, 0.25) is 5.91 Å². The molecule has 0 bridgehead atoms. The van der Waals surface area contributed by atoms with Crippen LogP contribution in [0.25, 0.3) is 0 Å². The van der Waals surface area contributed by atoms with Crippen LogP contribution in [0, 0.1) is 12.7 Å². The van der Waals surface area contributed by atoms with E-state index in [4.69, 9.17) is 0 Å². The van der Waals surface area contributed by atoms with Gasteiger partial charge < -0.3 is 10.2 Å². The fraction of sp³-hybridized carbons (Fsp3) is 0.421. The number of carbonyl (C=O) groups is 1. The largest absolute Gasteiger partial charge is 0.365 e. The quantitative estimate of drug-likeness (QED) is 0.876. The molecule has 1 fully saturated rings. The fourth-order valence-electron chi connectivity index (χ4n) is 3.13. The summed E-state index contributed by atoms with van der Waals surface area (Å²) in [7, 11) is 0. The summed E-state index contributed by atoms with van der Waals surface area (Å²) >= 11 is 0. The Morgan fingerprint density at radius 3 is 2.76 bits per heavy atom. The molecule has 1 amide bonds. The van der Waals surface area contributed by atoms with Crippen LogP contribution < -0.4 is 5.32 Å². The Bertz CT molecular complexity index is 748. The third-order valence-electron chi connectivity index (χ3n) is 4.25. The van der Waals surface area contributed by atoms with Crippen molar-refractivity contribution in [3.63, 3.8) is 0 Å². The monoisotopic (exact) mass is 342 g/mol. The van der Waals surface area contributed by atoms with Gasteiger partial charge in [0.25, 0.3) is 0 Å². The van der Waals surface area contributed by atoms with E-state index >= 15 is 0 Å². The number of benzene rings is 1. The zero-order chi connectivity index (χ0) is 17.8. The molecule has 3 rings (SSSR count). The van der Waals surface area contributed by atoms with Crippen molar-refractivity contribution in [2.24, 2.45) is 0 Å². The highest BCUT2D eigenvalue weighted by Gasteiger charge is 2.29. The molecule has 0 unspecified atom stereocenters. The van der Waals surface area contributed by atoms with Gasteiger partial charge in [0, 0.05) is 31.3 Å². The van der Waals surface area contributed by atoms with Crippen LogP contribution in [0.2, 0.25) is 0 Å². The lowest BCUT2D eigenvalue weighted by Crippen LogP contribution is -2.27. The van der Waals surface area contributed by atoms with Crippen LogP contribution >= 0.6 is 0 Å². The van der Waals surface area contributed by atoms with Crippen LogP contribution in [-0.4, -0.2) is 33.4 Å². The van der Waals surface area contributed by atoms with Gasteiger partial charge in [-0.1, -0.05) is 25.5 Å². The number of amides is 1. The molecule has 0 aliphatic carbocycles. The van der Waals surface area contributed by atoms with Gasteiger partial charge in [-0.15, -0.1) is 0 Å². The lowest BCUT2D eigenvalue weighted by molar-refractivity contribution is -0.128. The Balaban J connectivity index is 1.63. The first kappa shape index (κ1) is 17.3. The van der Waals surface area contributed by atoms with Crippen molar-refractivity contribution in [1.29, 1.82) is 0 Å². The number of aryl methyl sites for hydroxylation is 2. The molecule has 0 saturated carbocycles. The number of carbonyl (C=O) groups excluding carboxylic acids is 1. The number of hydrogen-bond acceptors (Lipinski definition) is 4. The van der Waals surface area contributed by atoms with Gasteiger partial charge in [0.1, 0.15) is 17.5 Å². The number of likely N-dealkylation sites (tertiary alicyclic amines) is 1. The molecule has 1 N–H and O–H groups in total. The third kappa shape index (κ3) is 4.53. The van der Waals surface area contributed by atoms with E-state index in [0.717, 1.165) is 35.7 Å². The second-order valence-corrected chi connectivity index (χ2v) is 6.49. The molecule has 1 aliphatic heterocycles. The minimum Gasteiger partial charge on any atom is -0.365 e. The summed E-state index contributed by atoms with van der Waals surface area (Å²) in [6, 6.07) is 8.26. The van der Waals surface area contributed by atoms with Crippen LogP contribution in [-0.2, 0) is 17.8 Å². The minimum absolute atomic E-state index is 0.0247. The van der Waals surface area contributed by atoms with Crippen molar-refractivity contribution in [3.05, 3.63) is 53.2 Å². The number of rotatable bonds is 6. The summed E-state index contributed by atoms with van der Waals surface area (Å²) in [5.74, 6) is 1.35. The van der Waals surface area contributed by atoms with E-state index in [1.165, 1.54) is 12.1 Å². The van der Waals surface area contributed by atoms with Gasteiger partial charge in [-0.2, -0.15) is 0 Å². The van der Waals surface area contributed by atoms with Crippen LogP contribution in [0.1, 0.15) is 36.8 Å². The molecule has 5 nitrogen and oxygen atoms in total. The van der Waals surface area contributed by atoms with Crippen LogP contribution in [0.3, 0.4) is 0 Å². The Hall–Kier alpha value is -2.50.